The van der Waals surface area contributed by atoms with Gasteiger partial charge in [0.2, 0.25) is 0 Å². The highest BCUT2D eigenvalue weighted by Gasteiger charge is 2.12. The van der Waals surface area contributed by atoms with Gasteiger partial charge in [-0.25, -0.2) is 4.79 Å². The van der Waals surface area contributed by atoms with E-state index in [2.05, 4.69) is 50.0 Å². The van der Waals surface area contributed by atoms with Gasteiger partial charge in [-0.2, -0.15) is 0 Å². The summed E-state index contributed by atoms with van der Waals surface area (Å²) in [5.74, 6) is 0.252. The van der Waals surface area contributed by atoms with E-state index >= 15 is 0 Å². The van der Waals surface area contributed by atoms with Crippen molar-refractivity contribution in [1.29, 1.82) is 0 Å². The minimum Gasteiger partial charge on any atom is -0.482 e. The molecule has 4 nitrogen and oxygen atoms in total. The van der Waals surface area contributed by atoms with Gasteiger partial charge in [-0.15, -0.1) is 0 Å². The molecule has 0 aliphatic heterocycles. The number of hydrogen-bond acceptors (Lipinski definition) is 4. The molecule has 0 aliphatic carbocycles. The second-order valence-corrected chi connectivity index (χ2v) is 7.08. The van der Waals surface area contributed by atoms with Gasteiger partial charge in [-0.3, -0.25) is 4.99 Å². The summed E-state index contributed by atoms with van der Waals surface area (Å²) in [6, 6.07) is 16.0. The molecule has 26 heavy (non-hydrogen) atoms. The predicted molar refractivity (Wildman–Crippen MR) is 105 cm³/mol. The van der Waals surface area contributed by atoms with Crippen molar-refractivity contribution in [2.45, 2.75) is 39.7 Å². The van der Waals surface area contributed by atoms with Gasteiger partial charge in [-0.1, -0.05) is 57.2 Å². The molecule has 0 amide bonds. The monoisotopic (exact) mass is 353 g/mol. The Labute approximate surface area is 155 Å². The topological polar surface area (TPSA) is 47.9 Å². The highest BCUT2D eigenvalue weighted by atomic mass is 16.6. The molecule has 0 aliphatic rings. The van der Waals surface area contributed by atoms with E-state index in [1.165, 1.54) is 11.1 Å². The lowest BCUT2D eigenvalue weighted by molar-refractivity contribution is -0.145. The van der Waals surface area contributed by atoms with Crippen molar-refractivity contribution in [1.82, 2.24) is 0 Å². The van der Waals surface area contributed by atoms with E-state index < -0.39 is 0 Å². The highest BCUT2D eigenvalue weighted by molar-refractivity contribution is 5.80. The average molecular weight is 353 g/mol. The zero-order chi connectivity index (χ0) is 19.0. The molecule has 138 valence electrons. The van der Waals surface area contributed by atoms with Gasteiger partial charge in [0.1, 0.15) is 5.75 Å². The van der Waals surface area contributed by atoms with Crippen molar-refractivity contribution in [2.24, 2.45) is 4.99 Å². The minimum atomic E-state index is -0.370. The third-order valence-electron chi connectivity index (χ3n) is 3.85. The molecule has 0 spiro atoms. The maximum Gasteiger partial charge on any atom is 0.344 e. The van der Waals surface area contributed by atoms with Crippen LogP contribution in [-0.2, 0) is 21.5 Å². The number of carbonyl (C=O) groups is 1. The molecule has 0 N–H and O–H groups in total. The minimum absolute atomic E-state index is 0.0887. The van der Waals surface area contributed by atoms with E-state index in [-0.39, 0.29) is 18.0 Å². The molecule has 2 aromatic carbocycles. The van der Waals surface area contributed by atoms with E-state index in [0.717, 1.165) is 5.56 Å². The summed E-state index contributed by atoms with van der Waals surface area (Å²) >= 11 is 0. The lowest BCUT2D eigenvalue weighted by Gasteiger charge is -2.18. The predicted octanol–water partition coefficient (Wildman–Crippen LogP) is 4.55. The Morgan fingerprint density at radius 2 is 1.85 bits per heavy atom. The normalized spacial score (nSPS) is 11.5. The molecule has 4 heteroatoms. The van der Waals surface area contributed by atoms with Crippen LogP contribution in [0.3, 0.4) is 0 Å². The molecular formula is C22H27NO3. The Morgan fingerprint density at radius 1 is 1.12 bits per heavy atom. The Bertz CT molecular complexity index is 743. The van der Waals surface area contributed by atoms with Crippen molar-refractivity contribution < 1.29 is 14.3 Å². The fraction of sp³-hybridized carbons (Fsp3) is 0.364. The van der Waals surface area contributed by atoms with Crippen molar-refractivity contribution >= 4 is 12.2 Å². The Hall–Kier alpha value is -2.62. The largest absolute Gasteiger partial charge is 0.482 e. The van der Waals surface area contributed by atoms with Gasteiger partial charge in [0.25, 0.3) is 0 Å². The van der Waals surface area contributed by atoms with Crippen LogP contribution in [0.1, 0.15) is 44.4 Å². The Kier molecular flexibility index (Phi) is 6.96. The number of nitrogens with zero attached hydrogens (tertiary/aromatic N) is 1. The molecule has 0 radical (unpaired) electrons. The number of esters is 1. The summed E-state index contributed by atoms with van der Waals surface area (Å²) < 4.78 is 10.3. The van der Waals surface area contributed by atoms with E-state index in [9.17, 15) is 4.79 Å². The molecule has 0 atom stereocenters. The van der Waals surface area contributed by atoms with Crippen LogP contribution in [0.15, 0.2) is 53.5 Å². The van der Waals surface area contributed by atoms with Crippen LogP contribution in [0, 0.1) is 0 Å². The molecule has 0 bridgehead atoms. The highest BCUT2D eigenvalue weighted by Crippen LogP contribution is 2.22. The van der Waals surface area contributed by atoms with Gasteiger partial charge in [0.05, 0.1) is 13.2 Å². The quantitative estimate of drug-likeness (QED) is 0.542. The van der Waals surface area contributed by atoms with Gasteiger partial charge in [-0.05, 0) is 41.2 Å². The summed E-state index contributed by atoms with van der Waals surface area (Å²) in [5, 5.41) is 0. The molecule has 0 fully saturated rings. The zero-order valence-electron chi connectivity index (χ0n) is 16.0. The number of hydrogen-bond donors (Lipinski definition) is 0. The van der Waals surface area contributed by atoms with E-state index in [4.69, 9.17) is 9.47 Å². The summed E-state index contributed by atoms with van der Waals surface area (Å²) in [6.07, 6.45) is 1.81. The Morgan fingerprint density at radius 3 is 2.50 bits per heavy atom. The maximum absolute atomic E-state index is 11.3. The SMILES string of the molecule is CCOC(=O)COc1cccc(/C=N/Cc2ccc(C(C)(C)C)cc2)c1. The van der Waals surface area contributed by atoms with Gasteiger partial charge in [0.15, 0.2) is 6.61 Å². The fourth-order valence-corrected chi connectivity index (χ4v) is 2.40. The van der Waals surface area contributed by atoms with Gasteiger partial charge < -0.3 is 9.47 Å². The first-order valence-corrected chi connectivity index (χ1v) is 8.86. The van der Waals surface area contributed by atoms with Crippen LogP contribution in [0.25, 0.3) is 0 Å². The summed E-state index contributed by atoms with van der Waals surface area (Å²) in [6.45, 7) is 9.27. The van der Waals surface area contributed by atoms with Crippen molar-refractivity contribution in [3.63, 3.8) is 0 Å². The van der Waals surface area contributed by atoms with E-state index in [0.29, 0.717) is 18.9 Å². The second-order valence-electron chi connectivity index (χ2n) is 7.08. The second kappa shape index (κ2) is 9.18. The van der Waals surface area contributed by atoms with Crippen LogP contribution >= 0.6 is 0 Å². The molecule has 0 aromatic heterocycles. The summed E-state index contributed by atoms with van der Waals surface area (Å²) in [5.41, 5.74) is 3.57. The number of rotatable bonds is 7. The van der Waals surface area contributed by atoms with Crippen LogP contribution in [0.4, 0.5) is 0 Å². The smallest absolute Gasteiger partial charge is 0.344 e. The zero-order valence-corrected chi connectivity index (χ0v) is 16.0. The first-order valence-electron chi connectivity index (χ1n) is 8.86. The van der Waals surface area contributed by atoms with Crippen molar-refractivity contribution in [3.05, 3.63) is 65.2 Å². The van der Waals surface area contributed by atoms with Crippen LogP contribution in [0.5, 0.6) is 5.75 Å². The third-order valence-corrected chi connectivity index (χ3v) is 3.85. The van der Waals surface area contributed by atoms with E-state index in [1.807, 2.05) is 30.5 Å². The molecule has 0 unspecified atom stereocenters. The first kappa shape index (κ1) is 19.7. The van der Waals surface area contributed by atoms with Gasteiger partial charge >= 0.3 is 5.97 Å². The van der Waals surface area contributed by atoms with E-state index in [1.54, 1.807) is 6.92 Å². The third kappa shape index (κ3) is 6.36. The maximum atomic E-state index is 11.3. The molecule has 2 aromatic rings. The average Bonchev–Trinajstić information content (AvgIpc) is 2.60. The Balaban J connectivity index is 1.92. The molecule has 2 rings (SSSR count). The van der Waals surface area contributed by atoms with Gasteiger partial charge in [0, 0.05) is 6.21 Å². The van der Waals surface area contributed by atoms with Crippen LogP contribution in [0.2, 0.25) is 0 Å². The van der Waals surface area contributed by atoms with Crippen molar-refractivity contribution in [2.75, 3.05) is 13.2 Å². The summed E-state index contributed by atoms with van der Waals surface area (Å²) in [7, 11) is 0. The van der Waals surface area contributed by atoms with Crippen LogP contribution in [-0.4, -0.2) is 25.4 Å². The number of carbonyl (C=O) groups excluding carboxylic acids is 1. The lowest BCUT2D eigenvalue weighted by atomic mass is 9.87. The number of benzene rings is 2. The number of ether oxygens (including phenoxy) is 2. The molecule has 0 saturated heterocycles. The summed E-state index contributed by atoms with van der Waals surface area (Å²) in [4.78, 5) is 15.8. The fourth-order valence-electron chi connectivity index (χ4n) is 2.40. The number of aliphatic imine (C=N–C) groups is 1. The standard InChI is InChI=1S/C22H27NO3/c1-5-25-21(24)16-26-20-8-6-7-18(13-20)15-23-14-17-9-11-19(12-10-17)22(2,3)4/h6-13,15H,5,14,16H2,1-4H3/b23-15+. The molecule has 0 heterocycles. The first-order chi connectivity index (χ1) is 12.4. The van der Waals surface area contributed by atoms with Crippen LogP contribution < -0.4 is 4.74 Å². The van der Waals surface area contributed by atoms with Crippen molar-refractivity contribution in [3.8, 4) is 5.75 Å². The molecular weight excluding hydrogens is 326 g/mol. The lowest BCUT2D eigenvalue weighted by Crippen LogP contribution is -2.14. The molecule has 0 saturated carbocycles.